The zero-order chi connectivity index (χ0) is 18.9. The third-order valence-corrected chi connectivity index (χ3v) is 7.02. The van der Waals surface area contributed by atoms with E-state index in [1.54, 1.807) is 18.2 Å². The number of fused-ring (bicyclic) bond motifs is 1. The predicted molar refractivity (Wildman–Crippen MR) is 103 cm³/mol. The molecule has 1 aliphatic heterocycles. The molecular weight excluding hydrogens is 388 g/mol. The van der Waals surface area contributed by atoms with Crippen LogP contribution in [0.3, 0.4) is 0 Å². The highest BCUT2D eigenvalue weighted by molar-refractivity contribution is 7.89. The van der Waals surface area contributed by atoms with E-state index < -0.39 is 10.0 Å². The molecule has 0 unspecified atom stereocenters. The van der Waals surface area contributed by atoms with Crippen LogP contribution in [-0.2, 0) is 14.8 Å². The van der Waals surface area contributed by atoms with Crippen LogP contribution in [0.25, 0.3) is 10.2 Å². The largest absolute Gasteiger partial charge is 0.495 e. The molecule has 0 atom stereocenters. The van der Waals surface area contributed by atoms with E-state index >= 15 is 0 Å². The van der Waals surface area contributed by atoms with E-state index in [2.05, 4.69) is 15.3 Å². The Morgan fingerprint density at radius 2 is 2.04 bits per heavy atom. The molecule has 1 fully saturated rings. The van der Waals surface area contributed by atoms with Crippen molar-refractivity contribution < 1.29 is 17.9 Å². The van der Waals surface area contributed by atoms with Crippen molar-refractivity contribution in [2.24, 2.45) is 0 Å². The fraction of sp³-hybridized carbons (Fsp3) is 0.294. The molecule has 1 aromatic carbocycles. The lowest BCUT2D eigenvalue weighted by Crippen LogP contribution is -2.40. The van der Waals surface area contributed by atoms with Crippen molar-refractivity contribution in [1.29, 1.82) is 0 Å². The van der Waals surface area contributed by atoms with Crippen LogP contribution < -0.4 is 10.1 Å². The van der Waals surface area contributed by atoms with Crippen LogP contribution in [0.1, 0.15) is 0 Å². The Bertz CT molecular complexity index is 1060. The quantitative estimate of drug-likeness (QED) is 0.696. The van der Waals surface area contributed by atoms with Crippen LogP contribution in [0.2, 0.25) is 0 Å². The molecule has 0 saturated carbocycles. The van der Waals surface area contributed by atoms with Crippen molar-refractivity contribution in [3.05, 3.63) is 36.0 Å². The Morgan fingerprint density at radius 1 is 1.22 bits per heavy atom. The van der Waals surface area contributed by atoms with Gasteiger partial charge >= 0.3 is 0 Å². The van der Waals surface area contributed by atoms with Crippen LogP contribution in [0.4, 0.5) is 11.5 Å². The first kappa shape index (κ1) is 18.1. The number of methoxy groups -OCH3 is 1. The maximum absolute atomic E-state index is 13.1. The number of aromatic nitrogens is 2. The second kappa shape index (κ2) is 7.39. The molecule has 3 aromatic rings. The van der Waals surface area contributed by atoms with Gasteiger partial charge < -0.3 is 14.8 Å². The highest BCUT2D eigenvalue weighted by Crippen LogP contribution is 2.32. The van der Waals surface area contributed by atoms with Crippen LogP contribution >= 0.6 is 11.3 Å². The summed E-state index contributed by atoms with van der Waals surface area (Å²) in [6.45, 7) is 1.42. The number of nitrogens with one attached hydrogen (secondary N) is 1. The van der Waals surface area contributed by atoms with Gasteiger partial charge in [0, 0.05) is 18.8 Å². The number of benzene rings is 1. The van der Waals surface area contributed by atoms with Gasteiger partial charge in [0.15, 0.2) is 0 Å². The van der Waals surface area contributed by atoms with E-state index in [1.165, 1.54) is 29.1 Å². The van der Waals surface area contributed by atoms with Gasteiger partial charge in [-0.2, -0.15) is 4.31 Å². The second-order valence-electron chi connectivity index (χ2n) is 5.87. The van der Waals surface area contributed by atoms with E-state index in [9.17, 15) is 8.42 Å². The van der Waals surface area contributed by atoms with Crippen LogP contribution in [0, 0.1) is 0 Å². The van der Waals surface area contributed by atoms with Crippen LogP contribution in [0.15, 0.2) is 40.9 Å². The number of sulfonamides is 1. The average molecular weight is 406 g/mol. The van der Waals surface area contributed by atoms with Crippen molar-refractivity contribution >= 4 is 43.1 Å². The molecular formula is C17H18N4O4S2. The van der Waals surface area contributed by atoms with Gasteiger partial charge in [0.1, 0.15) is 27.6 Å². The number of hydrogen-bond acceptors (Lipinski definition) is 8. The standard InChI is InChI=1S/C17H18N4O4S2/c1-24-14-3-2-12(20-16-13-4-9-26-17(13)19-11-18-16)10-15(14)27(22,23)21-5-7-25-8-6-21/h2-4,9-11H,5-8H2,1H3,(H,18,19,20). The summed E-state index contributed by atoms with van der Waals surface area (Å²) in [5.74, 6) is 0.927. The summed E-state index contributed by atoms with van der Waals surface area (Å²) >= 11 is 1.52. The lowest BCUT2D eigenvalue weighted by atomic mass is 10.3. The number of hydrogen-bond donors (Lipinski definition) is 1. The number of morpholine rings is 1. The van der Waals surface area contributed by atoms with Crippen molar-refractivity contribution in [1.82, 2.24) is 14.3 Å². The van der Waals surface area contributed by atoms with Gasteiger partial charge in [-0.3, -0.25) is 0 Å². The molecule has 0 radical (unpaired) electrons. The molecule has 2 aromatic heterocycles. The summed E-state index contributed by atoms with van der Waals surface area (Å²) in [5.41, 5.74) is 0.605. The van der Waals surface area contributed by atoms with Crippen molar-refractivity contribution in [3.63, 3.8) is 0 Å². The maximum atomic E-state index is 13.1. The summed E-state index contributed by atoms with van der Waals surface area (Å²) in [6, 6.07) is 6.90. The van der Waals surface area contributed by atoms with E-state index in [0.717, 1.165) is 10.2 Å². The third kappa shape index (κ3) is 3.48. The minimum absolute atomic E-state index is 0.118. The summed E-state index contributed by atoms with van der Waals surface area (Å²) in [6.07, 6.45) is 1.48. The molecule has 0 bridgehead atoms. The van der Waals surface area contributed by atoms with Crippen molar-refractivity contribution in [3.8, 4) is 5.75 Å². The zero-order valence-corrected chi connectivity index (χ0v) is 16.2. The van der Waals surface area contributed by atoms with Gasteiger partial charge in [-0.05, 0) is 29.6 Å². The molecule has 0 aliphatic carbocycles. The SMILES string of the molecule is COc1ccc(Nc2ncnc3sccc23)cc1S(=O)(=O)N1CCOCC1. The van der Waals surface area contributed by atoms with Gasteiger partial charge in [0.05, 0.1) is 25.7 Å². The Morgan fingerprint density at radius 3 is 2.81 bits per heavy atom. The molecule has 1 N–H and O–H groups in total. The molecule has 4 rings (SSSR count). The third-order valence-electron chi connectivity index (χ3n) is 4.28. The smallest absolute Gasteiger partial charge is 0.246 e. The molecule has 27 heavy (non-hydrogen) atoms. The number of thiophene rings is 1. The molecule has 1 saturated heterocycles. The minimum Gasteiger partial charge on any atom is -0.495 e. The summed E-state index contributed by atoms with van der Waals surface area (Å²) in [5, 5.41) is 6.01. The number of rotatable bonds is 5. The first-order valence-corrected chi connectivity index (χ1v) is 10.6. The number of nitrogens with zero attached hydrogens (tertiary/aromatic N) is 3. The van der Waals surface area contributed by atoms with Gasteiger partial charge in [-0.15, -0.1) is 11.3 Å². The van der Waals surface area contributed by atoms with Gasteiger partial charge in [0.2, 0.25) is 10.0 Å². The Balaban J connectivity index is 1.71. The van der Waals surface area contributed by atoms with Crippen LogP contribution in [-0.4, -0.2) is 56.1 Å². The van der Waals surface area contributed by atoms with Gasteiger partial charge in [0.25, 0.3) is 0 Å². The Labute approximate surface area is 160 Å². The van der Waals surface area contributed by atoms with E-state index in [1.807, 2.05) is 11.4 Å². The maximum Gasteiger partial charge on any atom is 0.246 e. The molecule has 0 spiro atoms. The number of ether oxygens (including phenoxy) is 2. The van der Waals surface area contributed by atoms with E-state index in [0.29, 0.717) is 43.6 Å². The van der Waals surface area contributed by atoms with Crippen molar-refractivity contribution in [2.75, 3.05) is 38.7 Å². The molecule has 3 heterocycles. The summed E-state index contributed by atoms with van der Waals surface area (Å²) < 4.78 is 38.1. The predicted octanol–water partition coefficient (Wildman–Crippen LogP) is 2.46. The first-order chi connectivity index (χ1) is 13.1. The highest BCUT2D eigenvalue weighted by Gasteiger charge is 2.29. The Kier molecular flexibility index (Phi) is 4.96. The molecule has 142 valence electrons. The lowest BCUT2D eigenvalue weighted by Gasteiger charge is -2.26. The zero-order valence-electron chi connectivity index (χ0n) is 14.6. The summed E-state index contributed by atoms with van der Waals surface area (Å²) in [4.78, 5) is 9.48. The normalized spacial score (nSPS) is 15.7. The topological polar surface area (TPSA) is 93.7 Å². The number of anilines is 2. The second-order valence-corrected chi connectivity index (χ2v) is 8.67. The van der Waals surface area contributed by atoms with E-state index in [4.69, 9.17) is 9.47 Å². The molecule has 0 amide bonds. The minimum atomic E-state index is -3.69. The molecule has 1 aliphatic rings. The highest BCUT2D eigenvalue weighted by atomic mass is 32.2. The molecule has 10 heteroatoms. The average Bonchev–Trinajstić information content (AvgIpc) is 3.18. The fourth-order valence-corrected chi connectivity index (χ4v) is 5.23. The first-order valence-electron chi connectivity index (χ1n) is 8.31. The fourth-order valence-electron chi connectivity index (χ4n) is 2.91. The Hall–Kier alpha value is -2.27. The van der Waals surface area contributed by atoms with Gasteiger partial charge in [-0.1, -0.05) is 0 Å². The molecule has 8 nitrogen and oxygen atoms in total. The van der Waals surface area contributed by atoms with Gasteiger partial charge in [-0.25, -0.2) is 18.4 Å². The summed E-state index contributed by atoms with van der Waals surface area (Å²) in [7, 11) is -2.24. The van der Waals surface area contributed by atoms with Crippen molar-refractivity contribution in [2.45, 2.75) is 4.90 Å². The lowest BCUT2D eigenvalue weighted by molar-refractivity contribution is 0.0729. The van der Waals surface area contributed by atoms with Crippen LogP contribution in [0.5, 0.6) is 5.75 Å². The monoisotopic (exact) mass is 406 g/mol. The van der Waals surface area contributed by atoms with E-state index in [-0.39, 0.29) is 4.90 Å².